The van der Waals surface area contributed by atoms with Crippen LogP contribution in [0.2, 0.25) is 5.02 Å². The molecule has 0 atom stereocenters. The number of rotatable bonds is 6. The molecule has 0 radical (unpaired) electrons. The molecule has 1 saturated carbocycles. The molecule has 2 aromatic rings. The fourth-order valence-electron chi connectivity index (χ4n) is 4.07. The molecular weight excluding hydrogens is 424 g/mol. The van der Waals surface area contributed by atoms with Gasteiger partial charge in [0.05, 0.1) is 9.92 Å². The molecule has 2 aliphatic rings. The third-order valence-corrected chi connectivity index (χ3v) is 7.85. The van der Waals surface area contributed by atoms with Gasteiger partial charge < -0.3 is 10.1 Å². The highest BCUT2D eigenvalue weighted by Crippen LogP contribution is 2.31. The molecule has 0 bridgehead atoms. The molecule has 1 amide bonds. The summed E-state index contributed by atoms with van der Waals surface area (Å²) in [5.41, 5.74) is 2.20. The Bertz CT molecular complexity index is 1040. The summed E-state index contributed by atoms with van der Waals surface area (Å²) in [4.78, 5) is 12.2. The molecule has 6 nitrogen and oxygen atoms in total. The minimum atomic E-state index is -3.68. The minimum Gasteiger partial charge on any atom is -0.482 e. The number of nitrogens with zero attached hydrogens (tertiary/aromatic N) is 1. The predicted octanol–water partition coefficient (Wildman–Crippen LogP) is 3.52. The molecule has 1 N–H and O–H groups in total. The summed E-state index contributed by atoms with van der Waals surface area (Å²) in [6, 6.07) is 12.5. The lowest BCUT2D eigenvalue weighted by atomic mass is 10.0. The van der Waals surface area contributed by atoms with E-state index in [0.717, 1.165) is 31.2 Å². The van der Waals surface area contributed by atoms with Crippen LogP contribution in [0.4, 0.5) is 0 Å². The zero-order valence-electron chi connectivity index (χ0n) is 16.6. The molecule has 2 aromatic carbocycles. The first-order valence-corrected chi connectivity index (χ1v) is 12.0. The van der Waals surface area contributed by atoms with Gasteiger partial charge in [-0.25, -0.2) is 8.42 Å². The average molecular weight is 449 g/mol. The SMILES string of the molecule is O=C(COc1ccc(S(=O)(=O)N2CCc3ccccc3C2)cc1Cl)NC1CCCC1. The monoisotopic (exact) mass is 448 g/mol. The predicted molar refractivity (Wildman–Crippen MR) is 115 cm³/mol. The van der Waals surface area contributed by atoms with Crippen LogP contribution in [0.3, 0.4) is 0 Å². The van der Waals surface area contributed by atoms with E-state index in [2.05, 4.69) is 5.32 Å². The average Bonchev–Trinajstić information content (AvgIpc) is 3.25. The minimum absolute atomic E-state index is 0.120. The van der Waals surface area contributed by atoms with Crippen molar-refractivity contribution in [1.29, 1.82) is 0 Å². The van der Waals surface area contributed by atoms with E-state index in [1.165, 1.54) is 28.1 Å². The van der Waals surface area contributed by atoms with Crippen LogP contribution in [0.15, 0.2) is 47.4 Å². The third-order valence-electron chi connectivity index (χ3n) is 5.72. The lowest BCUT2D eigenvalue weighted by Gasteiger charge is -2.28. The summed E-state index contributed by atoms with van der Waals surface area (Å²) in [6.07, 6.45) is 4.95. The van der Waals surface area contributed by atoms with Crippen LogP contribution in [0.1, 0.15) is 36.8 Å². The third kappa shape index (κ3) is 4.63. The first-order valence-electron chi connectivity index (χ1n) is 10.2. The Kier molecular flexibility index (Phi) is 6.32. The van der Waals surface area contributed by atoms with Crippen molar-refractivity contribution in [3.8, 4) is 5.75 Å². The summed E-state index contributed by atoms with van der Waals surface area (Å²) in [6.45, 7) is 0.623. The van der Waals surface area contributed by atoms with E-state index in [1.54, 1.807) is 0 Å². The maximum Gasteiger partial charge on any atom is 0.258 e. The number of carbonyl (C=O) groups excluding carboxylic acids is 1. The number of sulfonamides is 1. The molecule has 0 unspecified atom stereocenters. The normalized spacial score (nSPS) is 17.5. The molecule has 160 valence electrons. The van der Waals surface area contributed by atoms with Gasteiger partial charge in [-0.3, -0.25) is 4.79 Å². The Hall–Kier alpha value is -2.09. The summed E-state index contributed by atoms with van der Waals surface area (Å²) in [5, 5.41) is 3.11. The van der Waals surface area contributed by atoms with Gasteiger partial charge in [0.15, 0.2) is 6.61 Å². The zero-order valence-corrected chi connectivity index (χ0v) is 18.2. The molecule has 1 aliphatic carbocycles. The number of nitrogens with one attached hydrogen (secondary N) is 1. The lowest BCUT2D eigenvalue weighted by molar-refractivity contribution is -0.123. The van der Waals surface area contributed by atoms with Gasteiger partial charge in [-0.1, -0.05) is 48.7 Å². The lowest BCUT2D eigenvalue weighted by Crippen LogP contribution is -2.36. The van der Waals surface area contributed by atoms with Crippen molar-refractivity contribution in [3.63, 3.8) is 0 Å². The molecule has 30 heavy (non-hydrogen) atoms. The number of hydrogen-bond donors (Lipinski definition) is 1. The molecule has 8 heteroatoms. The maximum atomic E-state index is 13.1. The number of benzene rings is 2. The van der Waals surface area contributed by atoms with E-state index in [-0.39, 0.29) is 28.5 Å². The van der Waals surface area contributed by atoms with Crippen LogP contribution in [-0.2, 0) is 27.8 Å². The van der Waals surface area contributed by atoms with Gasteiger partial charge in [0.2, 0.25) is 10.0 Å². The number of hydrogen-bond acceptors (Lipinski definition) is 4. The Labute approximate surface area is 182 Å². The summed E-state index contributed by atoms with van der Waals surface area (Å²) >= 11 is 6.27. The maximum absolute atomic E-state index is 13.1. The molecular formula is C22H25ClN2O4S. The number of carbonyl (C=O) groups is 1. The van der Waals surface area contributed by atoms with E-state index in [4.69, 9.17) is 16.3 Å². The van der Waals surface area contributed by atoms with Crippen molar-refractivity contribution in [2.45, 2.75) is 49.6 Å². The van der Waals surface area contributed by atoms with Crippen molar-refractivity contribution < 1.29 is 17.9 Å². The number of halogens is 1. The molecule has 1 heterocycles. The molecule has 0 spiro atoms. The van der Waals surface area contributed by atoms with Crippen molar-refractivity contribution in [3.05, 3.63) is 58.6 Å². The van der Waals surface area contributed by atoms with Crippen molar-refractivity contribution in [2.75, 3.05) is 13.2 Å². The molecule has 1 aliphatic heterocycles. The van der Waals surface area contributed by atoms with Crippen LogP contribution in [0, 0.1) is 0 Å². The fraction of sp³-hybridized carbons (Fsp3) is 0.409. The van der Waals surface area contributed by atoms with Crippen molar-refractivity contribution in [2.24, 2.45) is 0 Å². The van der Waals surface area contributed by atoms with E-state index in [9.17, 15) is 13.2 Å². The summed E-state index contributed by atoms with van der Waals surface area (Å²) in [5.74, 6) is 0.0998. The van der Waals surface area contributed by atoms with Crippen LogP contribution in [-0.4, -0.2) is 37.8 Å². The van der Waals surface area contributed by atoms with E-state index < -0.39 is 10.0 Å². The van der Waals surface area contributed by atoms with Crippen LogP contribution >= 0.6 is 11.6 Å². The Morgan fingerprint density at radius 1 is 1.13 bits per heavy atom. The molecule has 1 fully saturated rings. The van der Waals surface area contributed by atoms with Crippen LogP contribution in [0.5, 0.6) is 5.75 Å². The van der Waals surface area contributed by atoms with E-state index in [0.29, 0.717) is 25.3 Å². The molecule has 4 rings (SSSR count). The topological polar surface area (TPSA) is 75.7 Å². The highest BCUT2D eigenvalue weighted by molar-refractivity contribution is 7.89. The van der Waals surface area contributed by atoms with Crippen molar-refractivity contribution in [1.82, 2.24) is 9.62 Å². The number of amides is 1. The number of ether oxygens (including phenoxy) is 1. The second kappa shape index (κ2) is 8.96. The Morgan fingerprint density at radius 3 is 2.60 bits per heavy atom. The highest BCUT2D eigenvalue weighted by Gasteiger charge is 2.29. The highest BCUT2D eigenvalue weighted by atomic mass is 35.5. The number of fused-ring (bicyclic) bond motifs is 1. The van der Waals surface area contributed by atoms with Crippen LogP contribution < -0.4 is 10.1 Å². The van der Waals surface area contributed by atoms with Gasteiger partial charge in [-0.2, -0.15) is 4.31 Å². The standard InChI is InChI=1S/C22H25ClN2O4S/c23-20-13-19(9-10-21(20)29-15-22(26)24-18-7-3-4-8-18)30(27,28)25-12-11-16-5-1-2-6-17(16)14-25/h1-2,5-6,9-10,13,18H,3-4,7-8,11-12,14-15H2,(H,24,26). The quantitative estimate of drug-likeness (QED) is 0.733. The fourth-order valence-corrected chi connectivity index (χ4v) is 5.81. The van der Waals surface area contributed by atoms with Crippen LogP contribution in [0.25, 0.3) is 0 Å². The smallest absolute Gasteiger partial charge is 0.258 e. The Morgan fingerprint density at radius 2 is 1.87 bits per heavy atom. The summed E-state index contributed by atoms with van der Waals surface area (Å²) in [7, 11) is -3.68. The first-order chi connectivity index (χ1) is 14.4. The van der Waals surface area contributed by atoms with Gasteiger partial charge in [0.1, 0.15) is 5.75 Å². The van der Waals surface area contributed by atoms with Gasteiger partial charge in [0.25, 0.3) is 5.91 Å². The van der Waals surface area contributed by atoms with Gasteiger partial charge in [-0.05, 0) is 48.6 Å². The largest absolute Gasteiger partial charge is 0.482 e. The van der Waals surface area contributed by atoms with E-state index >= 15 is 0 Å². The molecule has 0 aromatic heterocycles. The van der Waals surface area contributed by atoms with Gasteiger partial charge in [-0.15, -0.1) is 0 Å². The van der Waals surface area contributed by atoms with E-state index in [1.807, 2.05) is 24.3 Å². The Balaban J connectivity index is 1.41. The van der Waals surface area contributed by atoms with Gasteiger partial charge in [0, 0.05) is 19.1 Å². The van der Waals surface area contributed by atoms with Gasteiger partial charge >= 0.3 is 0 Å². The van der Waals surface area contributed by atoms with Crippen molar-refractivity contribution >= 4 is 27.5 Å². The first kappa shape index (κ1) is 21.2. The zero-order chi connectivity index (χ0) is 21.1. The second-order valence-electron chi connectivity index (χ2n) is 7.79. The second-order valence-corrected chi connectivity index (χ2v) is 10.1. The molecule has 0 saturated heterocycles. The summed E-state index contributed by atoms with van der Waals surface area (Å²) < 4.78 is 33.1.